The van der Waals surface area contributed by atoms with Gasteiger partial charge in [0, 0.05) is 12.6 Å². The molecule has 0 aliphatic heterocycles. The molecule has 0 aromatic carbocycles. The van der Waals surface area contributed by atoms with Crippen molar-refractivity contribution in [1.82, 2.24) is 19.9 Å². The van der Waals surface area contributed by atoms with Crippen molar-refractivity contribution in [2.24, 2.45) is 11.7 Å². The first-order valence-corrected chi connectivity index (χ1v) is 6.75. The molecular weight excluding hydrogens is 287 g/mol. The molecule has 21 heavy (non-hydrogen) atoms. The molecule has 1 aromatic rings. The number of hydrogen-bond acceptors (Lipinski definition) is 4. The largest absolute Gasteiger partial charge is 0.406 e. The summed E-state index contributed by atoms with van der Waals surface area (Å²) in [5.41, 5.74) is 5.86. The summed E-state index contributed by atoms with van der Waals surface area (Å²) in [7, 11) is 0. The summed E-state index contributed by atoms with van der Waals surface area (Å²) in [5, 5.41) is 7.39. The molecule has 1 aliphatic carbocycles. The molecule has 0 radical (unpaired) electrons. The molecule has 118 valence electrons. The lowest BCUT2D eigenvalue weighted by molar-refractivity contribution is -0.166. The zero-order chi connectivity index (χ0) is 15.6. The Hall–Kier alpha value is -1.64. The molecule has 1 heterocycles. The molecule has 2 rings (SSSR count). The normalized spacial score (nSPS) is 16.8. The maximum Gasteiger partial charge on any atom is 0.406 e. The molecule has 0 spiro atoms. The maximum absolute atomic E-state index is 12.7. The molecule has 0 bridgehead atoms. The van der Waals surface area contributed by atoms with E-state index in [2.05, 4.69) is 10.3 Å². The van der Waals surface area contributed by atoms with Crippen LogP contribution in [0, 0.1) is 5.92 Å². The highest BCUT2D eigenvalue weighted by Gasteiger charge is 2.40. The molecule has 1 aromatic heterocycles. The number of rotatable bonds is 6. The Morgan fingerprint density at radius 1 is 1.57 bits per heavy atom. The Labute approximate surface area is 120 Å². The molecule has 1 unspecified atom stereocenters. The summed E-state index contributed by atoms with van der Waals surface area (Å²) in [6.07, 6.45) is -1.22. The molecule has 9 heteroatoms. The fourth-order valence-electron chi connectivity index (χ4n) is 2.22. The average Bonchev–Trinajstić information content (AvgIpc) is 3.15. The minimum Gasteiger partial charge on any atom is -0.329 e. The maximum atomic E-state index is 12.7. The highest BCUT2D eigenvalue weighted by atomic mass is 19.4. The standard InChI is InChI=1S/C12H18F3N5O/c1-8(9-2-3-9)20(7-12(13,14)15)11(21)6-19-5-10(4-16)17-18-19/h5,8-9H,2-4,6-7,16H2,1H3. The topological polar surface area (TPSA) is 77.0 Å². The molecule has 1 fully saturated rings. The summed E-state index contributed by atoms with van der Waals surface area (Å²) in [6.45, 7) is 0.328. The van der Waals surface area contributed by atoms with Crippen LogP contribution in [-0.2, 0) is 17.9 Å². The zero-order valence-electron chi connectivity index (χ0n) is 11.7. The van der Waals surface area contributed by atoms with Gasteiger partial charge in [0.1, 0.15) is 13.1 Å². The van der Waals surface area contributed by atoms with Gasteiger partial charge in [-0.2, -0.15) is 13.2 Å². The van der Waals surface area contributed by atoms with Crippen LogP contribution in [0.3, 0.4) is 0 Å². The molecule has 1 aliphatic rings. The van der Waals surface area contributed by atoms with Crippen molar-refractivity contribution in [3.63, 3.8) is 0 Å². The van der Waals surface area contributed by atoms with Gasteiger partial charge in [-0.05, 0) is 25.7 Å². The monoisotopic (exact) mass is 305 g/mol. The van der Waals surface area contributed by atoms with Crippen molar-refractivity contribution in [2.45, 2.75) is 45.1 Å². The van der Waals surface area contributed by atoms with Gasteiger partial charge in [0.2, 0.25) is 5.91 Å². The Bertz CT molecular complexity index is 497. The summed E-state index contributed by atoms with van der Waals surface area (Å²) >= 11 is 0. The van der Waals surface area contributed by atoms with Gasteiger partial charge in [-0.25, -0.2) is 4.68 Å². The van der Waals surface area contributed by atoms with Gasteiger partial charge in [0.25, 0.3) is 0 Å². The van der Waals surface area contributed by atoms with Gasteiger partial charge in [-0.1, -0.05) is 5.21 Å². The second-order valence-electron chi connectivity index (χ2n) is 5.33. The SMILES string of the molecule is CC(C1CC1)N(CC(F)(F)F)C(=O)Cn1cc(CN)nn1. The van der Waals surface area contributed by atoms with E-state index in [4.69, 9.17) is 5.73 Å². The zero-order valence-corrected chi connectivity index (χ0v) is 11.7. The second kappa shape index (κ2) is 6.00. The van der Waals surface area contributed by atoms with Crippen molar-refractivity contribution in [2.75, 3.05) is 6.54 Å². The number of nitrogens with zero attached hydrogens (tertiary/aromatic N) is 4. The number of carbonyl (C=O) groups is 1. The summed E-state index contributed by atoms with van der Waals surface area (Å²) < 4.78 is 39.2. The second-order valence-corrected chi connectivity index (χ2v) is 5.33. The third kappa shape index (κ3) is 4.42. The Morgan fingerprint density at radius 3 is 2.71 bits per heavy atom. The van der Waals surface area contributed by atoms with Gasteiger partial charge in [0.05, 0.1) is 11.9 Å². The van der Waals surface area contributed by atoms with E-state index in [0.717, 1.165) is 17.7 Å². The van der Waals surface area contributed by atoms with Crippen molar-refractivity contribution < 1.29 is 18.0 Å². The lowest BCUT2D eigenvalue weighted by Crippen LogP contribution is -2.46. The third-order valence-corrected chi connectivity index (χ3v) is 3.56. The predicted octanol–water partition coefficient (Wildman–Crippen LogP) is 0.926. The smallest absolute Gasteiger partial charge is 0.329 e. The van der Waals surface area contributed by atoms with Crippen LogP contribution >= 0.6 is 0 Å². The number of alkyl halides is 3. The first kappa shape index (κ1) is 15.7. The molecule has 0 saturated heterocycles. The van der Waals surface area contributed by atoms with E-state index in [9.17, 15) is 18.0 Å². The molecule has 1 amide bonds. The van der Waals surface area contributed by atoms with Crippen LogP contribution in [-0.4, -0.2) is 44.6 Å². The molecular formula is C12H18F3N5O. The van der Waals surface area contributed by atoms with E-state index in [1.165, 1.54) is 10.9 Å². The first-order valence-electron chi connectivity index (χ1n) is 6.75. The van der Waals surface area contributed by atoms with E-state index in [0.29, 0.717) is 5.69 Å². The highest BCUT2D eigenvalue weighted by molar-refractivity contribution is 5.76. The van der Waals surface area contributed by atoms with E-state index < -0.39 is 24.7 Å². The molecule has 1 saturated carbocycles. The van der Waals surface area contributed by atoms with E-state index in [1.807, 2.05) is 0 Å². The van der Waals surface area contributed by atoms with Crippen molar-refractivity contribution in [1.29, 1.82) is 0 Å². The molecule has 2 N–H and O–H groups in total. The van der Waals surface area contributed by atoms with Crippen LogP contribution in [0.5, 0.6) is 0 Å². The van der Waals surface area contributed by atoms with E-state index in [1.54, 1.807) is 6.92 Å². The summed E-state index contributed by atoms with van der Waals surface area (Å²) in [4.78, 5) is 13.1. The van der Waals surface area contributed by atoms with Crippen molar-refractivity contribution >= 4 is 5.91 Å². The minimum absolute atomic E-state index is 0.159. The predicted molar refractivity (Wildman–Crippen MR) is 67.9 cm³/mol. The molecule has 1 atom stereocenters. The van der Waals surface area contributed by atoms with Gasteiger partial charge in [-0.15, -0.1) is 5.10 Å². The fraction of sp³-hybridized carbons (Fsp3) is 0.750. The fourth-order valence-corrected chi connectivity index (χ4v) is 2.22. The quantitative estimate of drug-likeness (QED) is 0.848. The first-order chi connectivity index (χ1) is 9.80. The van der Waals surface area contributed by atoms with Gasteiger partial charge < -0.3 is 10.6 Å². The third-order valence-electron chi connectivity index (χ3n) is 3.56. The minimum atomic E-state index is -4.41. The van der Waals surface area contributed by atoms with Crippen LogP contribution in [0.2, 0.25) is 0 Å². The summed E-state index contributed by atoms with van der Waals surface area (Å²) in [5.74, 6) is -0.452. The van der Waals surface area contributed by atoms with Gasteiger partial charge in [0.15, 0.2) is 0 Å². The number of halogens is 3. The lowest BCUT2D eigenvalue weighted by Gasteiger charge is -2.30. The number of nitrogens with two attached hydrogens (primary N) is 1. The van der Waals surface area contributed by atoms with Crippen LogP contribution in [0.4, 0.5) is 13.2 Å². The number of hydrogen-bond donors (Lipinski definition) is 1. The van der Waals surface area contributed by atoms with Crippen molar-refractivity contribution in [3.8, 4) is 0 Å². The average molecular weight is 305 g/mol. The number of aromatic nitrogens is 3. The van der Waals surface area contributed by atoms with Gasteiger partial charge >= 0.3 is 6.18 Å². The Balaban J connectivity index is 2.05. The lowest BCUT2D eigenvalue weighted by atomic mass is 10.1. The number of amides is 1. The van der Waals surface area contributed by atoms with E-state index >= 15 is 0 Å². The summed E-state index contributed by atoms with van der Waals surface area (Å²) in [6, 6.07) is -0.420. The van der Waals surface area contributed by atoms with Gasteiger partial charge in [-0.3, -0.25) is 4.79 Å². The van der Waals surface area contributed by atoms with Crippen LogP contribution in [0.25, 0.3) is 0 Å². The van der Waals surface area contributed by atoms with Crippen LogP contribution in [0.15, 0.2) is 6.20 Å². The van der Waals surface area contributed by atoms with Crippen LogP contribution in [0.1, 0.15) is 25.5 Å². The molecule has 6 nitrogen and oxygen atoms in total. The van der Waals surface area contributed by atoms with E-state index in [-0.39, 0.29) is 19.0 Å². The Morgan fingerprint density at radius 2 is 2.24 bits per heavy atom. The Kier molecular flexibility index (Phi) is 4.50. The highest BCUT2D eigenvalue weighted by Crippen LogP contribution is 2.36. The van der Waals surface area contributed by atoms with Crippen molar-refractivity contribution in [3.05, 3.63) is 11.9 Å². The number of carbonyl (C=O) groups excluding carboxylic acids is 1. The van der Waals surface area contributed by atoms with Crippen LogP contribution < -0.4 is 5.73 Å².